The number of aryl methyl sites for hydroxylation is 3. The van der Waals surface area contributed by atoms with Gasteiger partial charge >= 0.3 is 0 Å². The molecule has 2 heterocycles. The lowest BCUT2D eigenvalue weighted by Crippen LogP contribution is -2.10. The first kappa shape index (κ1) is 39.6. The lowest BCUT2D eigenvalue weighted by molar-refractivity contribution is 0.668. The largest absolute Gasteiger partial charge is 0.456 e. The zero-order chi connectivity index (χ0) is 43.9. The van der Waals surface area contributed by atoms with Gasteiger partial charge in [0.2, 0.25) is 0 Å². The van der Waals surface area contributed by atoms with Crippen LogP contribution >= 0.6 is 0 Å². The normalized spacial score (nSPS) is 11.4. The first-order valence-electron chi connectivity index (χ1n) is 22.2. The average Bonchev–Trinajstić information content (AvgIpc) is 3.76. The molecular weight excluding hydrogens is 791 g/mol. The monoisotopic (exact) mass is 835 g/mol. The molecule has 11 rings (SSSR count). The maximum absolute atomic E-state index is 6.80. The Labute approximate surface area is 379 Å². The standard InChI is InChI=1S/C61H45N3O/c1-39-19-10-12-26-46(39)49-28-14-16-30-51(49)56(52-31-17-15-29-50(52)47-27-13-11-20-40(47)2)57-48(37-38-54-58(57)55-41(3)21-18-32-53(55)65-54)42-33-35-45(36-34-42)61-63-59(43-22-6-4-7-23-43)62-60(64-61)44-24-8-5-9-25-44/h4-38,56H,1-3H3. The quantitative estimate of drug-likeness (QED) is 0.136. The van der Waals surface area contributed by atoms with Crippen molar-refractivity contribution in [2.24, 2.45) is 0 Å². The third-order valence-corrected chi connectivity index (χ3v) is 12.8. The summed E-state index contributed by atoms with van der Waals surface area (Å²) in [7, 11) is 0. The second-order valence-corrected chi connectivity index (χ2v) is 16.8. The van der Waals surface area contributed by atoms with Crippen LogP contribution in [0.4, 0.5) is 0 Å². The highest BCUT2D eigenvalue weighted by Crippen LogP contribution is 2.50. The minimum Gasteiger partial charge on any atom is -0.456 e. The molecule has 0 unspecified atom stereocenters. The van der Waals surface area contributed by atoms with E-state index in [4.69, 9.17) is 19.4 Å². The molecular formula is C61H45N3O. The Hall–Kier alpha value is -8.21. The van der Waals surface area contributed by atoms with Gasteiger partial charge in [-0.2, -0.15) is 0 Å². The molecule has 4 heteroatoms. The highest BCUT2D eigenvalue weighted by molar-refractivity contribution is 6.11. The third-order valence-electron chi connectivity index (χ3n) is 12.8. The van der Waals surface area contributed by atoms with Gasteiger partial charge in [0.15, 0.2) is 17.5 Å². The van der Waals surface area contributed by atoms with Gasteiger partial charge in [-0.05, 0) is 99.7 Å². The Bertz CT molecular complexity index is 3370. The summed E-state index contributed by atoms with van der Waals surface area (Å²) in [6.45, 7) is 6.62. The van der Waals surface area contributed by atoms with Gasteiger partial charge < -0.3 is 4.42 Å². The lowest BCUT2D eigenvalue weighted by Gasteiger charge is -2.28. The summed E-state index contributed by atoms with van der Waals surface area (Å²) in [6, 6.07) is 75.2. The number of fused-ring (bicyclic) bond motifs is 3. The fraction of sp³-hybridized carbons (Fsp3) is 0.0656. The summed E-state index contributed by atoms with van der Waals surface area (Å²) in [5.41, 5.74) is 18.9. The van der Waals surface area contributed by atoms with Crippen LogP contribution in [0.3, 0.4) is 0 Å². The van der Waals surface area contributed by atoms with Crippen molar-refractivity contribution in [3.05, 3.63) is 246 Å². The van der Waals surface area contributed by atoms with E-state index in [0.29, 0.717) is 17.5 Å². The molecule has 0 atom stereocenters. The Morgan fingerprint density at radius 1 is 0.308 bits per heavy atom. The van der Waals surface area contributed by atoms with Gasteiger partial charge in [-0.1, -0.05) is 200 Å². The predicted molar refractivity (Wildman–Crippen MR) is 268 cm³/mol. The van der Waals surface area contributed by atoms with Gasteiger partial charge in [-0.3, -0.25) is 0 Å². The maximum atomic E-state index is 6.80. The predicted octanol–water partition coefficient (Wildman–Crippen LogP) is 15.9. The molecule has 0 fully saturated rings. The van der Waals surface area contributed by atoms with Crippen molar-refractivity contribution in [1.29, 1.82) is 0 Å². The fourth-order valence-corrected chi connectivity index (χ4v) is 9.61. The minimum absolute atomic E-state index is 0.217. The van der Waals surface area contributed by atoms with Crippen molar-refractivity contribution < 1.29 is 4.42 Å². The van der Waals surface area contributed by atoms with Crippen LogP contribution in [0.1, 0.15) is 39.3 Å². The average molecular weight is 836 g/mol. The van der Waals surface area contributed by atoms with Crippen LogP contribution in [0.25, 0.3) is 89.5 Å². The summed E-state index contributed by atoms with van der Waals surface area (Å²) in [5, 5.41) is 2.26. The van der Waals surface area contributed by atoms with Crippen molar-refractivity contribution in [3.8, 4) is 67.5 Å². The van der Waals surface area contributed by atoms with Gasteiger partial charge in [0.25, 0.3) is 0 Å². The van der Waals surface area contributed by atoms with Gasteiger partial charge in [0, 0.05) is 33.4 Å². The molecule has 9 aromatic carbocycles. The summed E-state index contributed by atoms with van der Waals surface area (Å²) in [6.07, 6.45) is 0. The first-order valence-corrected chi connectivity index (χ1v) is 22.2. The van der Waals surface area contributed by atoms with Crippen molar-refractivity contribution in [2.75, 3.05) is 0 Å². The molecule has 0 amide bonds. The summed E-state index contributed by atoms with van der Waals surface area (Å²) < 4.78 is 6.80. The Morgan fingerprint density at radius 2 is 0.723 bits per heavy atom. The van der Waals surface area contributed by atoms with E-state index >= 15 is 0 Å². The van der Waals surface area contributed by atoms with Gasteiger partial charge in [-0.25, -0.2) is 15.0 Å². The number of benzene rings is 9. The topological polar surface area (TPSA) is 51.8 Å². The Kier molecular flexibility index (Phi) is 10.3. The SMILES string of the molecule is Cc1ccccc1-c1ccccc1C(c1ccccc1-c1ccccc1C)c1c(-c2ccc(-c3nc(-c4ccccc4)nc(-c4ccccc4)n3)cc2)ccc2oc3cccc(C)c3c12. The molecule has 4 nitrogen and oxygen atoms in total. The van der Waals surface area contributed by atoms with Gasteiger partial charge in [-0.15, -0.1) is 0 Å². The maximum Gasteiger partial charge on any atom is 0.164 e. The van der Waals surface area contributed by atoms with Crippen LogP contribution in [0.5, 0.6) is 0 Å². The van der Waals surface area contributed by atoms with Crippen LogP contribution in [0.2, 0.25) is 0 Å². The zero-order valence-corrected chi connectivity index (χ0v) is 36.5. The van der Waals surface area contributed by atoms with Crippen molar-refractivity contribution in [2.45, 2.75) is 26.7 Å². The molecule has 310 valence electrons. The molecule has 0 aliphatic rings. The van der Waals surface area contributed by atoms with E-state index in [-0.39, 0.29) is 5.92 Å². The Balaban J connectivity index is 1.18. The highest BCUT2D eigenvalue weighted by Gasteiger charge is 2.30. The molecule has 0 saturated carbocycles. The van der Waals surface area contributed by atoms with Crippen LogP contribution in [-0.4, -0.2) is 15.0 Å². The van der Waals surface area contributed by atoms with E-state index in [0.717, 1.165) is 49.8 Å². The van der Waals surface area contributed by atoms with Crippen molar-refractivity contribution >= 4 is 21.9 Å². The van der Waals surface area contributed by atoms with Crippen LogP contribution < -0.4 is 0 Å². The number of rotatable bonds is 9. The van der Waals surface area contributed by atoms with E-state index in [9.17, 15) is 0 Å². The van der Waals surface area contributed by atoms with E-state index in [1.807, 2.05) is 60.7 Å². The number of furan rings is 1. The summed E-state index contributed by atoms with van der Waals surface area (Å²) in [4.78, 5) is 15.1. The molecule has 0 aliphatic heterocycles. The van der Waals surface area contributed by atoms with Crippen LogP contribution in [0, 0.1) is 20.8 Å². The molecule has 11 aromatic rings. The van der Waals surface area contributed by atoms with Crippen molar-refractivity contribution in [3.63, 3.8) is 0 Å². The van der Waals surface area contributed by atoms with Gasteiger partial charge in [0.05, 0.1) is 0 Å². The second-order valence-electron chi connectivity index (χ2n) is 16.8. The van der Waals surface area contributed by atoms with Crippen molar-refractivity contribution in [1.82, 2.24) is 15.0 Å². The summed E-state index contributed by atoms with van der Waals surface area (Å²) in [5.74, 6) is 1.67. The molecule has 0 N–H and O–H groups in total. The zero-order valence-electron chi connectivity index (χ0n) is 36.5. The first-order chi connectivity index (χ1) is 32.0. The molecule has 0 spiro atoms. The third kappa shape index (κ3) is 7.29. The summed E-state index contributed by atoms with van der Waals surface area (Å²) >= 11 is 0. The van der Waals surface area contributed by atoms with Gasteiger partial charge in [0.1, 0.15) is 11.2 Å². The number of hydrogen-bond acceptors (Lipinski definition) is 4. The molecule has 2 aromatic heterocycles. The molecule has 0 saturated heterocycles. The number of nitrogens with zero attached hydrogens (tertiary/aromatic N) is 3. The highest BCUT2D eigenvalue weighted by atomic mass is 16.3. The smallest absolute Gasteiger partial charge is 0.164 e. The molecule has 0 bridgehead atoms. The minimum atomic E-state index is -0.217. The van der Waals surface area contributed by atoms with E-state index in [2.05, 4.69) is 172 Å². The fourth-order valence-electron chi connectivity index (χ4n) is 9.61. The molecule has 65 heavy (non-hydrogen) atoms. The van der Waals surface area contributed by atoms with Crippen LogP contribution in [0.15, 0.2) is 217 Å². The van der Waals surface area contributed by atoms with E-state index in [1.54, 1.807) is 0 Å². The number of hydrogen-bond donors (Lipinski definition) is 0. The second kappa shape index (κ2) is 16.8. The van der Waals surface area contributed by atoms with E-state index in [1.165, 1.54) is 55.6 Å². The molecule has 0 radical (unpaired) electrons. The Morgan fingerprint density at radius 3 is 1.25 bits per heavy atom. The molecule has 0 aliphatic carbocycles. The van der Waals surface area contributed by atoms with Crippen LogP contribution in [-0.2, 0) is 0 Å². The number of aromatic nitrogens is 3. The van der Waals surface area contributed by atoms with E-state index < -0.39 is 0 Å². The lowest BCUT2D eigenvalue weighted by atomic mass is 9.74.